The Hall–Kier alpha value is -2.64. The van der Waals surface area contributed by atoms with Crippen molar-refractivity contribution in [1.29, 1.82) is 0 Å². The molecule has 1 N–H and O–H groups in total. The molecule has 0 saturated carbocycles. The Balaban J connectivity index is 1.59. The number of carbonyl (C=O) groups is 2. The van der Waals surface area contributed by atoms with Gasteiger partial charge in [0.2, 0.25) is 0 Å². The summed E-state index contributed by atoms with van der Waals surface area (Å²) in [6.07, 6.45) is 6.42. The third-order valence-corrected chi connectivity index (χ3v) is 6.07. The zero-order valence-electron chi connectivity index (χ0n) is 17.7. The van der Waals surface area contributed by atoms with Crippen LogP contribution in [0, 0.1) is 6.92 Å². The van der Waals surface area contributed by atoms with Gasteiger partial charge in [-0.25, -0.2) is 0 Å². The van der Waals surface area contributed by atoms with Crippen molar-refractivity contribution in [3.63, 3.8) is 0 Å². The Morgan fingerprint density at radius 3 is 2.48 bits per heavy atom. The van der Waals surface area contributed by atoms with Crippen molar-refractivity contribution in [3.8, 4) is 5.75 Å². The van der Waals surface area contributed by atoms with Crippen LogP contribution in [-0.4, -0.2) is 27.8 Å². The van der Waals surface area contributed by atoms with Crippen LogP contribution in [-0.2, 0) is 4.79 Å². The molecule has 2 aromatic carbocycles. The second kappa shape index (κ2) is 11.1. The highest BCUT2D eigenvalue weighted by atomic mass is 32.2. The molecule has 5 nitrogen and oxygen atoms in total. The lowest BCUT2D eigenvalue weighted by Crippen LogP contribution is -2.44. The Bertz CT molecular complexity index is 969. The molecule has 31 heavy (non-hydrogen) atoms. The van der Waals surface area contributed by atoms with E-state index < -0.39 is 0 Å². The zero-order valence-corrected chi connectivity index (χ0v) is 19.4. The quantitative estimate of drug-likeness (QED) is 0.308. The van der Waals surface area contributed by atoms with E-state index in [0.717, 1.165) is 40.1 Å². The van der Waals surface area contributed by atoms with E-state index in [1.807, 2.05) is 43.3 Å². The van der Waals surface area contributed by atoms with Gasteiger partial charge < -0.3 is 4.74 Å². The Morgan fingerprint density at radius 1 is 1.10 bits per heavy atom. The first-order valence-electron chi connectivity index (χ1n) is 10.4. The fraction of sp³-hybridized carbons (Fsp3) is 0.292. The highest BCUT2D eigenvalue weighted by Gasteiger charge is 2.33. The molecular formula is C24H26N2O3S2. The van der Waals surface area contributed by atoms with Crippen molar-refractivity contribution < 1.29 is 14.3 Å². The van der Waals surface area contributed by atoms with Gasteiger partial charge in [-0.1, -0.05) is 67.8 Å². The maximum Gasteiger partial charge on any atom is 0.285 e. The van der Waals surface area contributed by atoms with Crippen LogP contribution < -0.4 is 10.2 Å². The Kier molecular flexibility index (Phi) is 8.26. The SMILES string of the molecule is CCCCCCOc1ccc(/C=C2\SC(=S)N(NC(=O)c3ccc(C)cc3)C2=O)cc1. The molecule has 0 aliphatic carbocycles. The number of aryl methyl sites for hydroxylation is 1. The maximum absolute atomic E-state index is 12.7. The number of rotatable bonds is 9. The number of amides is 2. The highest BCUT2D eigenvalue weighted by Crippen LogP contribution is 2.31. The third-order valence-electron chi connectivity index (χ3n) is 4.77. The molecule has 3 rings (SSSR count). The van der Waals surface area contributed by atoms with Gasteiger partial charge in [-0.05, 0) is 61.5 Å². The average molecular weight is 455 g/mol. The normalized spacial score (nSPS) is 14.9. The van der Waals surface area contributed by atoms with Crippen LogP contribution >= 0.6 is 24.0 Å². The number of carbonyl (C=O) groups excluding carboxylic acids is 2. The van der Waals surface area contributed by atoms with Gasteiger partial charge in [0.05, 0.1) is 11.5 Å². The molecule has 1 aliphatic heterocycles. The fourth-order valence-corrected chi connectivity index (χ4v) is 4.15. The number of hydrazine groups is 1. The minimum atomic E-state index is -0.377. The van der Waals surface area contributed by atoms with Crippen molar-refractivity contribution in [3.05, 3.63) is 70.1 Å². The van der Waals surface area contributed by atoms with E-state index in [0.29, 0.717) is 21.4 Å². The van der Waals surface area contributed by atoms with Gasteiger partial charge in [0.1, 0.15) is 5.75 Å². The summed E-state index contributed by atoms with van der Waals surface area (Å²) in [4.78, 5) is 25.6. The third kappa shape index (κ3) is 6.42. The van der Waals surface area contributed by atoms with E-state index >= 15 is 0 Å². The van der Waals surface area contributed by atoms with Crippen molar-refractivity contribution in [2.24, 2.45) is 0 Å². The smallest absolute Gasteiger partial charge is 0.285 e. The molecule has 0 aromatic heterocycles. The largest absolute Gasteiger partial charge is 0.494 e. The Morgan fingerprint density at radius 2 is 1.81 bits per heavy atom. The number of hydrogen-bond donors (Lipinski definition) is 1. The lowest BCUT2D eigenvalue weighted by molar-refractivity contribution is -0.123. The lowest BCUT2D eigenvalue weighted by Gasteiger charge is -2.15. The van der Waals surface area contributed by atoms with Gasteiger partial charge in [-0.15, -0.1) is 0 Å². The minimum Gasteiger partial charge on any atom is -0.494 e. The summed E-state index contributed by atoms with van der Waals surface area (Å²) in [5.74, 6) is 0.0938. The van der Waals surface area contributed by atoms with E-state index in [-0.39, 0.29) is 11.8 Å². The highest BCUT2D eigenvalue weighted by molar-refractivity contribution is 8.26. The molecule has 1 aliphatic rings. The summed E-state index contributed by atoms with van der Waals surface area (Å²) in [6, 6.07) is 14.7. The number of thioether (sulfide) groups is 1. The molecule has 1 fully saturated rings. The molecule has 162 valence electrons. The maximum atomic E-state index is 12.7. The summed E-state index contributed by atoms with van der Waals surface area (Å²) >= 11 is 6.46. The number of unbranched alkanes of at least 4 members (excludes halogenated alkanes) is 3. The standard InChI is InChI=1S/C24H26N2O3S2/c1-3-4-5-6-15-29-20-13-9-18(10-14-20)16-21-23(28)26(24(30)31-21)25-22(27)19-11-7-17(2)8-12-19/h7-14,16H,3-6,15H2,1-2H3,(H,25,27)/b21-16-. The summed E-state index contributed by atoms with van der Waals surface area (Å²) in [5.41, 5.74) is 4.98. The van der Waals surface area contributed by atoms with E-state index in [2.05, 4.69) is 12.3 Å². The van der Waals surface area contributed by atoms with Gasteiger partial charge in [-0.3, -0.25) is 15.0 Å². The number of nitrogens with zero attached hydrogens (tertiary/aromatic N) is 1. The predicted octanol–water partition coefficient (Wildman–Crippen LogP) is 5.50. The number of benzene rings is 2. The van der Waals surface area contributed by atoms with Crippen LogP contribution in [0.4, 0.5) is 0 Å². The van der Waals surface area contributed by atoms with Gasteiger partial charge >= 0.3 is 0 Å². The molecule has 1 heterocycles. The molecule has 0 unspecified atom stereocenters. The summed E-state index contributed by atoms with van der Waals surface area (Å²) in [7, 11) is 0. The van der Waals surface area contributed by atoms with Crippen molar-refractivity contribution >= 4 is 46.2 Å². The second-order valence-electron chi connectivity index (χ2n) is 7.30. The van der Waals surface area contributed by atoms with Crippen LogP contribution in [0.1, 0.15) is 54.1 Å². The van der Waals surface area contributed by atoms with Crippen LogP contribution in [0.25, 0.3) is 6.08 Å². The number of hydrogen-bond acceptors (Lipinski definition) is 5. The number of nitrogens with one attached hydrogen (secondary N) is 1. The van der Waals surface area contributed by atoms with Crippen molar-refractivity contribution in [2.75, 3.05) is 6.61 Å². The van der Waals surface area contributed by atoms with Crippen LogP contribution in [0.15, 0.2) is 53.4 Å². The van der Waals surface area contributed by atoms with Gasteiger partial charge in [0, 0.05) is 5.56 Å². The van der Waals surface area contributed by atoms with Crippen LogP contribution in [0.2, 0.25) is 0 Å². The molecule has 0 atom stereocenters. The molecule has 1 saturated heterocycles. The van der Waals surface area contributed by atoms with Crippen LogP contribution in [0.3, 0.4) is 0 Å². The van der Waals surface area contributed by atoms with Gasteiger partial charge in [0.15, 0.2) is 4.32 Å². The first kappa shape index (κ1) is 23.0. The first-order valence-corrected chi connectivity index (χ1v) is 11.6. The van der Waals surface area contributed by atoms with Crippen molar-refractivity contribution in [1.82, 2.24) is 10.4 Å². The minimum absolute atomic E-state index is 0.295. The zero-order chi connectivity index (χ0) is 22.2. The van der Waals surface area contributed by atoms with E-state index in [9.17, 15) is 9.59 Å². The first-order chi connectivity index (χ1) is 15.0. The lowest BCUT2D eigenvalue weighted by atomic mass is 10.1. The molecular weight excluding hydrogens is 428 g/mol. The monoisotopic (exact) mass is 454 g/mol. The van der Waals surface area contributed by atoms with Crippen molar-refractivity contribution in [2.45, 2.75) is 39.5 Å². The Labute approximate surface area is 192 Å². The molecule has 2 aromatic rings. The molecule has 2 amide bonds. The van der Waals surface area contributed by atoms with Gasteiger partial charge in [0.25, 0.3) is 11.8 Å². The molecule has 0 bridgehead atoms. The average Bonchev–Trinajstić information content (AvgIpc) is 3.02. The van der Waals surface area contributed by atoms with E-state index in [1.54, 1.807) is 18.2 Å². The predicted molar refractivity (Wildman–Crippen MR) is 130 cm³/mol. The topological polar surface area (TPSA) is 58.6 Å². The van der Waals surface area contributed by atoms with E-state index in [4.69, 9.17) is 17.0 Å². The molecule has 7 heteroatoms. The molecule has 0 spiro atoms. The van der Waals surface area contributed by atoms with Crippen LogP contribution in [0.5, 0.6) is 5.75 Å². The second-order valence-corrected chi connectivity index (χ2v) is 8.98. The number of thiocarbonyl (C=S) groups is 1. The summed E-state index contributed by atoms with van der Waals surface area (Å²) in [5, 5.41) is 1.13. The van der Waals surface area contributed by atoms with E-state index in [1.165, 1.54) is 19.3 Å². The molecule has 0 radical (unpaired) electrons. The summed E-state index contributed by atoms with van der Waals surface area (Å²) < 4.78 is 6.05. The fourth-order valence-electron chi connectivity index (χ4n) is 2.97. The summed E-state index contributed by atoms with van der Waals surface area (Å²) in [6.45, 7) is 4.84. The van der Waals surface area contributed by atoms with Gasteiger partial charge in [-0.2, -0.15) is 5.01 Å². The number of ether oxygens (including phenoxy) is 1.